The van der Waals surface area contributed by atoms with Crippen molar-refractivity contribution in [2.75, 3.05) is 20.3 Å². The van der Waals surface area contributed by atoms with Gasteiger partial charge in [-0.2, -0.15) is 5.10 Å². The van der Waals surface area contributed by atoms with Crippen molar-refractivity contribution in [1.82, 2.24) is 20.0 Å². The van der Waals surface area contributed by atoms with E-state index in [1.54, 1.807) is 11.6 Å². The standard InChI is InChI=1S/C20H28N4O3/c1-20(26)9-10-24(13-15-11-21-23(2)12-15)18(16-7-5-4-6-8-16)19(20)22-17(25)14-27-3/h4-8,11-12,18-19,26H,9-10,13-14H2,1-3H3,(H,22,25). The molecule has 0 radical (unpaired) electrons. The first-order chi connectivity index (χ1) is 12.9. The molecular weight excluding hydrogens is 344 g/mol. The highest BCUT2D eigenvalue weighted by molar-refractivity contribution is 5.77. The van der Waals surface area contributed by atoms with Crippen LogP contribution >= 0.6 is 0 Å². The molecule has 1 fully saturated rings. The molecule has 2 N–H and O–H groups in total. The van der Waals surface area contributed by atoms with Gasteiger partial charge < -0.3 is 15.2 Å². The van der Waals surface area contributed by atoms with E-state index in [2.05, 4.69) is 15.3 Å². The average molecular weight is 372 g/mol. The van der Waals surface area contributed by atoms with Crippen molar-refractivity contribution in [2.45, 2.75) is 37.6 Å². The van der Waals surface area contributed by atoms with Crippen molar-refractivity contribution in [3.05, 3.63) is 53.9 Å². The van der Waals surface area contributed by atoms with Gasteiger partial charge in [0, 0.05) is 39.0 Å². The molecule has 2 heterocycles. The van der Waals surface area contributed by atoms with E-state index in [1.165, 1.54) is 7.11 Å². The molecule has 7 nitrogen and oxygen atoms in total. The van der Waals surface area contributed by atoms with Crippen molar-refractivity contribution in [1.29, 1.82) is 0 Å². The third-order valence-corrected chi connectivity index (χ3v) is 5.16. The van der Waals surface area contributed by atoms with Crippen LogP contribution in [-0.4, -0.2) is 57.6 Å². The first-order valence-electron chi connectivity index (χ1n) is 9.18. The number of aryl methyl sites for hydroxylation is 1. The number of ether oxygens (including phenoxy) is 1. The third kappa shape index (κ3) is 4.55. The molecule has 1 aromatic carbocycles. The molecule has 7 heteroatoms. The van der Waals surface area contributed by atoms with Crippen LogP contribution in [0.5, 0.6) is 0 Å². The van der Waals surface area contributed by atoms with Crippen molar-refractivity contribution >= 4 is 5.91 Å². The van der Waals surface area contributed by atoms with Gasteiger partial charge in [0.1, 0.15) is 6.61 Å². The van der Waals surface area contributed by atoms with Crippen LogP contribution in [0.15, 0.2) is 42.7 Å². The maximum atomic E-state index is 12.3. The first kappa shape index (κ1) is 19.5. The van der Waals surface area contributed by atoms with Gasteiger partial charge in [-0.1, -0.05) is 30.3 Å². The number of piperidine rings is 1. The molecule has 0 aliphatic carbocycles. The number of aliphatic hydroxyl groups is 1. The predicted octanol–water partition coefficient (Wildman–Crippen LogP) is 1.25. The van der Waals surface area contributed by atoms with Gasteiger partial charge in [0.15, 0.2) is 0 Å². The number of amides is 1. The molecule has 1 saturated heterocycles. The lowest BCUT2D eigenvalue weighted by Gasteiger charge is -2.49. The van der Waals surface area contributed by atoms with Gasteiger partial charge in [-0.3, -0.25) is 14.4 Å². The minimum absolute atomic E-state index is 0.0311. The average Bonchev–Trinajstić information content (AvgIpc) is 3.04. The Bertz CT molecular complexity index is 760. The third-order valence-electron chi connectivity index (χ3n) is 5.16. The highest BCUT2D eigenvalue weighted by atomic mass is 16.5. The Kier molecular flexibility index (Phi) is 5.94. The number of aromatic nitrogens is 2. The molecule has 0 spiro atoms. The van der Waals surface area contributed by atoms with Crippen LogP contribution in [0.3, 0.4) is 0 Å². The number of benzene rings is 1. The van der Waals surface area contributed by atoms with Crippen LogP contribution in [0.2, 0.25) is 0 Å². The fourth-order valence-electron chi connectivity index (χ4n) is 3.81. The normalized spacial score (nSPS) is 26.1. The van der Waals surface area contributed by atoms with Gasteiger partial charge in [-0.15, -0.1) is 0 Å². The van der Waals surface area contributed by atoms with Crippen molar-refractivity contribution in [3.8, 4) is 0 Å². The molecule has 0 bridgehead atoms. The number of nitrogens with zero attached hydrogens (tertiary/aromatic N) is 3. The zero-order valence-electron chi connectivity index (χ0n) is 16.1. The molecule has 3 atom stereocenters. The second-order valence-electron chi connectivity index (χ2n) is 7.43. The number of carbonyl (C=O) groups excluding carboxylic acids is 1. The summed E-state index contributed by atoms with van der Waals surface area (Å²) in [4.78, 5) is 14.6. The van der Waals surface area contributed by atoms with E-state index in [4.69, 9.17) is 4.74 Å². The smallest absolute Gasteiger partial charge is 0.246 e. The molecule has 0 saturated carbocycles. The Balaban J connectivity index is 1.93. The summed E-state index contributed by atoms with van der Waals surface area (Å²) >= 11 is 0. The van der Waals surface area contributed by atoms with Crippen molar-refractivity contribution < 1.29 is 14.6 Å². The SMILES string of the molecule is COCC(=O)NC1C(c2ccccc2)N(Cc2cnn(C)c2)CCC1(C)O. The Morgan fingerprint density at radius 3 is 2.78 bits per heavy atom. The molecular formula is C20H28N4O3. The second kappa shape index (κ2) is 8.21. The first-order valence-corrected chi connectivity index (χ1v) is 9.18. The fourth-order valence-corrected chi connectivity index (χ4v) is 3.81. The maximum Gasteiger partial charge on any atom is 0.246 e. The molecule has 1 aliphatic rings. The summed E-state index contributed by atoms with van der Waals surface area (Å²) in [5, 5.41) is 18.3. The van der Waals surface area contributed by atoms with E-state index >= 15 is 0 Å². The minimum atomic E-state index is -1.02. The molecule has 27 heavy (non-hydrogen) atoms. The van der Waals surface area contributed by atoms with Gasteiger partial charge in [0.25, 0.3) is 0 Å². The molecule has 3 unspecified atom stereocenters. The van der Waals surface area contributed by atoms with Gasteiger partial charge in [0.05, 0.1) is 23.9 Å². The van der Waals surface area contributed by atoms with Crippen molar-refractivity contribution in [3.63, 3.8) is 0 Å². The zero-order valence-corrected chi connectivity index (χ0v) is 16.1. The van der Waals surface area contributed by atoms with Crippen LogP contribution < -0.4 is 5.32 Å². The van der Waals surface area contributed by atoms with Gasteiger partial charge in [-0.25, -0.2) is 0 Å². The van der Waals surface area contributed by atoms with Gasteiger partial charge in [0.2, 0.25) is 5.91 Å². The van der Waals surface area contributed by atoms with Gasteiger partial charge >= 0.3 is 0 Å². The molecule has 3 rings (SSSR count). The summed E-state index contributed by atoms with van der Waals surface area (Å²) in [5.74, 6) is -0.230. The lowest BCUT2D eigenvalue weighted by Crippen LogP contribution is -2.62. The molecule has 1 aromatic heterocycles. The summed E-state index contributed by atoms with van der Waals surface area (Å²) in [5.41, 5.74) is 1.14. The quantitative estimate of drug-likeness (QED) is 0.798. The Morgan fingerprint density at radius 2 is 2.15 bits per heavy atom. The molecule has 1 aliphatic heterocycles. The highest BCUT2D eigenvalue weighted by Gasteiger charge is 2.46. The van der Waals surface area contributed by atoms with Crippen LogP contribution in [-0.2, 0) is 23.1 Å². The zero-order chi connectivity index (χ0) is 19.4. The number of carbonyl (C=O) groups is 1. The lowest BCUT2D eigenvalue weighted by atomic mass is 9.79. The number of hydrogen-bond acceptors (Lipinski definition) is 5. The summed E-state index contributed by atoms with van der Waals surface area (Å²) in [6.07, 6.45) is 4.41. The van der Waals surface area contributed by atoms with Crippen LogP contribution in [0.25, 0.3) is 0 Å². The van der Waals surface area contributed by atoms with E-state index in [0.29, 0.717) is 13.0 Å². The van der Waals surface area contributed by atoms with Crippen LogP contribution in [0.1, 0.15) is 30.5 Å². The van der Waals surface area contributed by atoms with Gasteiger partial charge in [-0.05, 0) is 18.9 Å². The van der Waals surface area contributed by atoms with Crippen LogP contribution in [0, 0.1) is 0 Å². The Morgan fingerprint density at radius 1 is 1.41 bits per heavy atom. The van der Waals surface area contributed by atoms with E-state index < -0.39 is 11.6 Å². The van der Waals surface area contributed by atoms with E-state index in [9.17, 15) is 9.90 Å². The van der Waals surface area contributed by atoms with E-state index in [1.807, 2.05) is 49.8 Å². The second-order valence-corrected chi connectivity index (χ2v) is 7.43. The predicted molar refractivity (Wildman–Crippen MR) is 102 cm³/mol. The summed E-state index contributed by atoms with van der Waals surface area (Å²) in [7, 11) is 3.38. The largest absolute Gasteiger partial charge is 0.388 e. The van der Waals surface area contributed by atoms with E-state index in [0.717, 1.165) is 17.7 Å². The molecule has 2 aromatic rings. The minimum Gasteiger partial charge on any atom is -0.388 e. The highest BCUT2D eigenvalue weighted by Crippen LogP contribution is 2.37. The monoisotopic (exact) mass is 372 g/mol. The fraction of sp³-hybridized carbons (Fsp3) is 0.500. The van der Waals surface area contributed by atoms with Crippen LogP contribution in [0.4, 0.5) is 0 Å². The number of likely N-dealkylation sites (tertiary alicyclic amines) is 1. The number of nitrogens with one attached hydrogen (secondary N) is 1. The number of hydrogen-bond donors (Lipinski definition) is 2. The van der Waals surface area contributed by atoms with E-state index in [-0.39, 0.29) is 18.6 Å². The number of rotatable bonds is 6. The topological polar surface area (TPSA) is 79.6 Å². The Labute approximate surface area is 159 Å². The number of methoxy groups -OCH3 is 1. The summed E-state index contributed by atoms with van der Waals surface area (Å²) < 4.78 is 6.74. The lowest BCUT2D eigenvalue weighted by molar-refractivity contribution is -0.132. The summed E-state index contributed by atoms with van der Waals surface area (Å²) in [6.45, 7) is 3.18. The molecule has 1 amide bonds. The maximum absolute atomic E-state index is 12.3. The Hall–Kier alpha value is -2.22. The van der Waals surface area contributed by atoms with Crippen molar-refractivity contribution in [2.24, 2.45) is 7.05 Å². The molecule has 146 valence electrons. The summed E-state index contributed by atoms with van der Waals surface area (Å²) in [6, 6.07) is 9.40.